The Bertz CT molecular complexity index is 1340. The van der Waals surface area contributed by atoms with E-state index in [1.54, 1.807) is 7.11 Å². The minimum Gasteiger partial charge on any atom is -0.497 e. The SMILES string of the molecule is COc1ccc(-c2csc(NC(=O)CSc3n[nH]c4nc5ccccc5n34)n2)cc1. The number of carbonyl (C=O) groups is 1. The Hall–Kier alpha value is -3.37. The maximum absolute atomic E-state index is 12.4. The molecule has 30 heavy (non-hydrogen) atoms. The molecule has 10 heteroatoms. The summed E-state index contributed by atoms with van der Waals surface area (Å²) >= 11 is 2.73. The van der Waals surface area contributed by atoms with E-state index in [4.69, 9.17) is 4.74 Å². The van der Waals surface area contributed by atoms with Crippen LogP contribution in [-0.4, -0.2) is 43.3 Å². The number of nitrogens with zero attached hydrogens (tertiary/aromatic N) is 4. The first kappa shape index (κ1) is 18.6. The van der Waals surface area contributed by atoms with E-state index in [0.717, 1.165) is 28.0 Å². The number of fused-ring (bicyclic) bond motifs is 3. The summed E-state index contributed by atoms with van der Waals surface area (Å²) < 4.78 is 7.09. The number of aromatic nitrogens is 5. The Labute approximate surface area is 179 Å². The van der Waals surface area contributed by atoms with Crippen molar-refractivity contribution in [2.75, 3.05) is 18.2 Å². The van der Waals surface area contributed by atoms with Crippen molar-refractivity contribution in [1.82, 2.24) is 24.6 Å². The molecule has 0 atom stereocenters. The molecule has 3 aromatic heterocycles. The molecule has 0 aliphatic carbocycles. The van der Waals surface area contributed by atoms with E-state index in [2.05, 4.69) is 25.5 Å². The van der Waals surface area contributed by atoms with Crippen molar-refractivity contribution >= 4 is 50.9 Å². The van der Waals surface area contributed by atoms with Gasteiger partial charge in [-0.3, -0.25) is 9.20 Å². The van der Waals surface area contributed by atoms with E-state index < -0.39 is 0 Å². The standard InChI is InChI=1S/C20H16N6O2S2/c1-28-13-8-6-12(7-9-13)15-10-29-19(22-15)23-17(27)11-30-20-25-24-18-21-14-4-2-3-5-16(14)26(18)20/h2-10H,11H2,1H3,(H,21,24)(H,22,23,27). The molecule has 0 radical (unpaired) electrons. The third-order valence-electron chi connectivity index (χ3n) is 4.47. The van der Waals surface area contributed by atoms with Crippen LogP contribution in [0.15, 0.2) is 59.1 Å². The van der Waals surface area contributed by atoms with Crippen LogP contribution < -0.4 is 10.1 Å². The summed E-state index contributed by atoms with van der Waals surface area (Å²) in [5.74, 6) is 1.52. The van der Waals surface area contributed by atoms with Crippen LogP contribution in [0.5, 0.6) is 5.75 Å². The first-order chi connectivity index (χ1) is 14.7. The van der Waals surface area contributed by atoms with Crippen LogP contribution >= 0.6 is 23.1 Å². The van der Waals surface area contributed by atoms with E-state index in [1.807, 2.05) is 58.3 Å². The Morgan fingerprint density at radius 3 is 2.87 bits per heavy atom. The molecule has 0 aliphatic heterocycles. The summed E-state index contributed by atoms with van der Waals surface area (Å²) in [4.78, 5) is 21.4. The number of thioether (sulfide) groups is 1. The summed E-state index contributed by atoms with van der Waals surface area (Å²) in [6.45, 7) is 0. The normalized spacial score (nSPS) is 11.2. The number of imidazole rings is 1. The van der Waals surface area contributed by atoms with Gasteiger partial charge in [0.1, 0.15) is 5.75 Å². The third-order valence-corrected chi connectivity index (χ3v) is 6.17. The monoisotopic (exact) mass is 436 g/mol. The Morgan fingerprint density at radius 1 is 1.20 bits per heavy atom. The summed E-state index contributed by atoms with van der Waals surface area (Å²) in [5, 5.41) is 13.2. The molecule has 0 saturated heterocycles. The lowest BCUT2D eigenvalue weighted by Gasteiger charge is -2.02. The maximum atomic E-state index is 12.4. The number of para-hydroxylation sites is 2. The second kappa shape index (κ2) is 7.81. The Balaban J connectivity index is 1.26. The van der Waals surface area contributed by atoms with Gasteiger partial charge in [0, 0.05) is 10.9 Å². The van der Waals surface area contributed by atoms with Crippen LogP contribution in [0.4, 0.5) is 5.13 Å². The minimum absolute atomic E-state index is 0.142. The second-order valence-corrected chi connectivity index (χ2v) is 8.17. The zero-order valence-electron chi connectivity index (χ0n) is 15.8. The highest BCUT2D eigenvalue weighted by Gasteiger charge is 2.14. The van der Waals surface area contributed by atoms with Gasteiger partial charge in [-0.05, 0) is 36.4 Å². The van der Waals surface area contributed by atoms with Crippen molar-refractivity contribution in [2.24, 2.45) is 0 Å². The van der Waals surface area contributed by atoms with E-state index in [0.29, 0.717) is 16.1 Å². The average molecular weight is 437 g/mol. The predicted molar refractivity (Wildman–Crippen MR) is 118 cm³/mol. The van der Waals surface area contributed by atoms with Crippen LogP contribution in [0, 0.1) is 0 Å². The zero-order chi connectivity index (χ0) is 20.5. The third kappa shape index (κ3) is 3.51. The van der Waals surface area contributed by atoms with Gasteiger partial charge in [0.05, 0.1) is 29.6 Å². The molecule has 0 bridgehead atoms. The topological polar surface area (TPSA) is 97.2 Å². The summed E-state index contributed by atoms with van der Waals surface area (Å²) in [7, 11) is 1.63. The summed E-state index contributed by atoms with van der Waals surface area (Å²) in [5.41, 5.74) is 3.61. The fourth-order valence-corrected chi connectivity index (χ4v) is 4.54. The number of ether oxygens (including phenoxy) is 1. The van der Waals surface area contributed by atoms with E-state index in [-0.39, 0.29) is 11.7 Å². The first-order valence-corrected chi connectivity index (χ1v) is 10.9. The molecular formula is C20H16N6O2S2. The largest absolute Gasteiger partial charge is 0.497 e. The molecule has 8 nitrogen and oxygen atoms in total. The van der Waals surface area contributed by atoms with Gasteiger partial charge in [-0.1, -0.05) is 23.9 Å². The predicted octanol–water partition coefficient (Wildman–Crippen LogP) is 4.07. The first-order valence-electron chi connectivity index (χ1n) is 9.05. The van der Waals surface area contributed by atoms with Gasteiger partial charge in [-0.15, -0.1) is 16.4 Å². The van der Waals surface area contributed by atoms with Gasteiger partial charge in [0.2, 0.25) is 11.7 Å². The minimum atomic E-state index is -0.142. The van der Waals surface area contributed by atoms with Crippen LogP contribution in [0.25, 0.3) is 28.1 Å². The number of rotatable bonds is 6. The number of aromatic amines is 1. The van der Waals surface area contributed by atoms with Crippen LogP contribution in [0.2, 0.25) is 0 Å². The number of thiazole rings is 1. The van der Waals surface area contributed by atoms with E-state index >= 15 is 0 Å². The molecule has 0 fully saturated rings. The molecule has 2 N–H and O–H groups in total. The number of methoxy groups -OCH3 is 1. The van der Waals surface area contributed by atoms with Gasteiger partial charge in [-0.2, -0.15) is 0 Å². The summed E-state index contributed by atoms with van der Waals surface area (Å²) in [6.07, 6.45) is 0. The van der Waals surface area contributed by atoms with Crippen LogP contribution in [-0.2, 0) is 4.79 Å². The molecule has 0 aliphatic rings. The molecule has 150 valence electrons. The van der Waals surface area contributed by atoms with Gasteiger partial charge in [-0.25, -0.2) is 15.1 Å². The number of hydrogen-bond donors (Lipinski definition) is 2. The lowest BCUT2D eigenvalue weighted by atomic mass is 10.2. The highest BCUT2D eigenvalue weighted by molar-refractivity contribution is 7.99. The number of anilines is 1. The molecule has 0 unspecified atom stereocenters. The van der Waals surface area contributed by atoms with Gasteiger partial charge < -0.3 is 10.1 Å². The number of benzene rings is 2. The van der Waals surface area contributed by atoms with Crippen molar-refractivity contribution in [3.05, 3.63) is 53.9 Å². The fourth-order valence-electron chi connectivity index (χ4n) is 3.05. The Kier molecular flexibility index (Phi) is 4.85. The lowest BCUT2D eigenvalue weighted by molar-refractivity contribution is -0.113. The molecule has 2 aromatic carbocycles. The number of hydrogen-bond acceptors (Lipinski definition) is 7. The average Bonchev–Trinajstić information content (AvgIpc) is 3.48. The zero-order valence-corrected chi connectivity index (χ0v) is 17.5. The lowest BCUT2D eigenvalue weighted by Crippen LogP contribution is -2.14. The second-order valence-electron chi connectivity index (χ2n) is 6.37. The molecule has 0 spiro atoms. The van der Waals surface area contributed by atoms with Crippen molar-refractivity contribution in [3.63, 3.8) is 0 Å². The molecular weight excluding hydrogens is 420 g/mol. The van der Waals surface area contributed by atoms with Gasteiger partial charge in [0.15, 0.2) is 10.3 Å². The summed E-state index contributed by atoms with van der Waals surface area (Å²) in [6, 6.07) is 15.5. The molecule has 5 rings (SSSR count). The van der Waals surface area contributed by atoms with Crippen molar-refractivity contribution in [1.29, 1.82) is 0 Å². The van der Waals surface area contributed by atoms with Gasteiger partial charge >= 0.3 is 0 Å². The molecule has 5 aromatic rings. The van der Waals surface area contributed by atoms with Crippen molar-refractivity contribution in [2.45, 2.75) is 5.16 Å². The smallest absolute Gasteiger partial charge is 0.236 e. The van der Waals surface area contributed by atoms with E-state index in [9.17, 15) is 4.79 Å². The quantitative estimate of drug-likeness (QED) is 0.390. The number of carbonyl (C=O) groups excluding carboxylic acids is 1. The number of nitrogens with one attached hydrogen (secondary N) is 2. The highest BCUT2D eigenvalue weighted by Crippen LogP contribution is 2.27. The van der Waals surface area contributed by atoms with Crippen molar-refractivity contribution in [3.8, 4) is 17.0 Å². The van der Waals surface area contributed by atoms with Crippen LogP contribution in [0.3, 0.4) is 0 Å². The molecule has 3 heterocycles. The van der Waals surface area contributed by atoms with Gasteiger partial charge in [0.25, 0.3) is 0 Å². The highest BCUT2D eigenvalue weighted by atomic mass is 32.2. The van der Waals surface area contributed by atoms with Crippen molar-refractivity contribution < 1.29 is 9.53 Å². The number of amides is 1. The fraction of sp³-hybridized carbons (Fsp3) is 0.100. The van der Waals surface area contributed by atoms with Crippen LogP contribution in [0.1, 0.15) is 0 Å². The maximum Gasteiger partial charge on any atom is 0.236 e. The number of H-pyrrole nitrogens is 1. The molecule has 1 amide bonds. The molecule has 0 saturated carbocycles. The van der Waals surface area contributed by atoms with E-state index in [1.165, 1.54) is 23.1 Å². The Morgan fingerprint density at radius 2 is 2.03 bits per heavy atom.